The van der Waals surface area contributed by atoms with E-state index in [1.807, 2.05) is 0 Å². The summed E-state index contributed by atoms with van der Waals surface area (Å²) in [7, 11) is 1.50. The van der Waals surface area contributed by atoms with Crippen LogP contribution in [0.4, 0.5) is 10.1 Å². The van der Waals surface area contributed by atoms with Crippen molar-refractivity contribution in [2.24, 2.45) is 0 Å². The minimum atomic E-state index is -0.494. The smallest absolute Gasteiger partial charge is 0.278 e. The Hall–Kier alpha value is -3.12. The van der Waals surface area contributed by atoms with Crippen molar-refractivity contribution in [1.82, 2.24) is 4.90 Å². The molecule has 0 bridgehead atoms. The number of imide groups is 1. The van der Waals surface area contributed by atoms with Gasteiger partial charge in [-0.3, -0.25) is 14.5 Å². The number of nitrogens with one attached hydrogen (secondary N) is 1. The molecule has 1 aliphatic rings. The zero-order valence-electron chi connectivity index (χ0n) is 14.5. The fraction of sp³-hybridized carbons (Fsp3) is 0.100. The van der Waals surface area contributed by atoms with Crippen molar-refractivity contribution in [2.75, 3.05) is 19.0 Å². The number of methoxy groups -OCH3 is 1. The van der Waals surface area contributed by atoms with Crippen LogP contribution in [0.25, 0.3) is 5.57 Å². The molecule has 0 aromatic heterocycles. The van der Waals surface area contributed by atoms with E-state index < -0.39 is 17.6 Å². The summed E-state index contributed by atoms with van der Waals surface area (Å²) >= 11 is 6.13. The monoisotopic (exact) mass is 386 g/mol. The maximum atomic E-state index is 13.3. The van der Waals surface area contributed by atoms with Gasteiger partial charge in [0.15, 0.2) is 0 Å². The molecule has 3 rings (SSSR count). The van der Waals surface area contributed by atoms with Crippen LogP contribution in [0.1, 0.15) is 5.56 Å². The quantitative estimate of drug-likeness (QED) is 0.605. The molecular weight excluding hydrogens is 371 g/mol. The fourth-order valence-electron chi connectivity index (χ4n) is 2.76. The normalized spacial score (nSPS) is 14.0. The van der Waals surface area contributed by atoms with Crippen LogP contribution in [0.15, 0.2) is 60.8 Å². The highest BCUT2D eigenvalue weighted by Crippen LogP contribution is 2.33. The molecule has 0 radical (unpaired) electrons. The van der Waals surface area contributed by atoms with Gasteiger partial charge in [-0.15, -0.1) is 6.58 Å². The van der Waals surface area contributed by atoms with Gasteiger partial charge in [-0.25, -0.2) is 4.39 Å². The van der Waals surface area contributed by atoms with E-state index in [0.717, 1.165) is 4.90 Å². The van der Waals surface area contributed by atoms with E-state index in [1.165, 1.54) is 37.5 Å². The second kappa shape index (κ2) is 7.63. The Morgan fingerprint density at radius 2 is 1.89 bits per heavy atom. The number of nitrogens with zero attached hydrogens (tertiary/aromatic N) is 1. The second-order valence-electron chi connectivity index (χ2n) is 5.74. The SMILES string of the molecule is C=CCN1C(=O)C(Nc2ccc(OC)c(Cl)c2)=C(c2ccc(F)cc2)C1=O. The van der Waals surface area contributed by atoms with Crippen molar-refractivity contribution in [2.45, 2.75) is 0 Å². The third-order valence-electron chi connectivity index (χ3n) is 4.03. The average molecular weight is 387 g/mol. The van der Waals surface area contributed by atoms with Gasteiger partial charge in [-0.2, -0.15) is 0 Å². The Morgan fingerprint density at radius 1 is 1.19 bits per heavy atom. The average Bonchev–Trinajstić information content (AvgIpc) is 2.87. The van der Waals surface area contributed by atoms with E-state index in [4.69, 9.17) is 16.3 Å². The topological polar surface area (TPSA) is 58.6 Å². The molecule has 0 aliphatic carbocycles. The van der Waals surface area contributed by atoms with Gasteiger partial charge in [-0.05, 0) is 35.9 Å². The molecular formula is C20H16ClFN2O3. The van der Waals surface area contributed by atoms with Gasteiger partial charge in [-0.1, -0.05) is 29.8 Å². The predicted molar refractivity (Wildman–Crippen MR) is 102 cm³/mol. The number of anilines is 1. The Morgan fingerprint density at radius 3 is 2.48 bits per heavy atom. The Balaban J connectivity index is 2.06. The number of hydrogen-bond acceptors (Lipinski definition) is 4. The molecule has 0 saturated heterocycles. The minimum absolute atomic E-state index is 0.0664. The molecule has 2 amide bonds. The fourth-order valence-corrected chi connectivity index (χ4v) is 3.02. The summed E-state index contributed by atoms with van der Waals surface area (Å²) in [5, 5.41) is 3.32. The number of ether oxygens (including phenoxy) is 1. The lowest BCUT2D eigenvalue weighted by Crippen LogP contribution is -2.32. The Bertz CT molecular complexity index is 954. The lowest BCUT2D eigenvalue weighted by Gasteiger charge is -2.13. The van der Waals surface area contributed by atoms with Gasteiger partial charge < -0.3 is 10.1 Å². The van der Waals surface area contributed by atoms with Gasteiger partial charge in [0.05, 0.1) is 17.7 Å². The predicted octanol–water partition coefficient (Wildman–Crippen LogP) is 3.87. The summed E-state index contributed by atoms with van der Waals surface area (Å²) in [5.74, 6) is -0.924. The molecule has 0 unspecified atom stereocenters. The zero-order chi connectivity index (χ0) is 19.6. The molecule has 27 heavy (non-hydrogen) atoms. The van der Waals surface area contributed by atoms with E-state index in [-0.39, 0.29) is 17.8 Å². The Kier molecular flexibility index (Phi) is 5.28. The summed E-state index contributed by atoms with van der Waals surface area (Å²) in [4.78, 5) is 26.6. The molecule has 138 valence electrons. The van der Waals surface area contributed by atoms with Gasteiger partial charge >= 0.3 is 0 Å². The molecule has 7 heteroatoms. The number of carbonyl (C=O) groups is 2. The molecule has 1 N–H and O–H groups in total. The van der Waals surface area contributed by atoms with Crippen molar-refractivity contribution in [3.63, 3.8) is 0 Å². The third-order valence-corrected chi connectivity index (χ3v) is 4.33. The van der Waals surface area contributed by atoms with Crippen molar-refractivity contribution >= 4 is 34.7 Å². The first-order chi connectivity index (χ1) is 13.0. The van der Waals surface area contributed by atoms with Crippen LogP contribution in [0.3, 0.4) is 0 Å². The van der Waals surface area contributed by atoms with Crippen molar-refractivity contribution in [3.05, 3.63) is 77.2 Å². The van der Waals surface area contributed by atoms with Gasteiger partial charge in [0.2, 0.25) is 0 Å². The first-order valence-electron chi connectivity index (χ1n) is 8.04. The Labute approximate surface area is 160 Å². The number of hydrogen-bond donors (Lipinski definition) is 1. The first-order valence-corrected chi connectivity index (χ1v) is 8.42. The number of carbonyl (C=O) groups excluding carboxylic acids is 2. The summed E-state index contributed by atoms with van der Waals surface area (Å²) in [6.45, 7) is 3.64. The molecule has 1 heterocycles. The molecule has 5 nitrogen and oxygen atoms in total. The molecule has 0 fully saturated rings. The van der Waals surface area contributed by atoms with Crippen LogP contribution in [-0.2, 0) is 9.59 Å². The van der Waals surface area contributed by atoms with Crippen LogP contribution in [0, 0.1) is 5.82 Å². The van der Waals surface area contributed by atoms with Crippen molar-refractivity contribution < 1.29 is 18.7 Å². The van der Waals surface area contributed by atoms with E-state index in [1.54, 1.807) is 18.2 Å². The van der Waals surface area contributed by atoms with E-state index in [2.05, 4.69) is 11.9 Å². The van der Waals surface area contributed by atoms with Gasteiger partial charge in [0, 0.05) is 12.2 Å². The number of rotatable bonds is 6. The zero-order valence-corrected chi connectivity index (χ0v) is 15.2. The highest BCUT2D eigenvalue weighted by Gasteiger charge is 2.38. The molecule has 0 spiro atoms. The van der Waals surface area contributed by atoms with Crippen LogP contribution < -0.4 is 10.1 Å². The minimum Gasteiger partial charge on any atom is -0.495 e. The van der Waals surface area contributed by atoms with Gasteiger partial charge in [0.25, 0.3) is 11.8 Å². The molecule has 2 aromatic carbocycles. The van der Waals surface area contributed by atoms with Gasteiger partial charge in [0.1, 0.15) is 17.3 Å². The maximum Gasteiger partial charge on any atom is 0.278 e. The van der Waals surface area contributed by atoms with Crippen molar-refractivity contribution in [1.29, 1.82) is 0 Å². The van der Waals surface area contributed by atoms with Crippen LogP contribution in [-0.4, -0.2) is 30.4 Å². The third kappa shape index (κ3) is 3.57. The number of amides is 2. The summed E-state index contributed by atoms with van der Waals surface area (Å²) < 4.78 is 18.4. The lowest BCUT2D eigenvalue weighted by atomic mass is 10.0. The largest absolute Gasteiger partial charge is 0.495 e. The summed E-state index contributed by atoms with van der Waals surface area (Å²) in [6.07, 6.45) is 1.46. The molecule has 0 saturated carbocycles. The summed E-state index contributed by atoms with van der Waals surface area (Å²) in [5.41, 5.74) is 1.20. The number of benzene rings is 2. The maximum absolute atomic E-state index is 13.3. The standard InChI is InChI=1S/C20H16ClFN2O3/c1-3-10-24-19(25)17(12-4-6-13(22)7-5-12)18(20(24)26)23-14-8-9-16(27-2)15(21)11-14/h3-9,11,23H,1,10H2,2H3. The molecule has 0 atom stereocenters. The first kappa shape index (κ1) is 18.7. The van der Waals surface area contributed by atoms with Crippen LogP contribution >= 0.6 is 11.6 Å². The highest BCUT2D eigenvalue weighted by molar-refractivity contribution is 6.36. The van der Waals surface area contributed by atoms with E-state index in [9.17, 15) is 14.0 Å². The second-order valence-corrected chi connectivity index (χ2v) is 6.15. The summed E-state index contributed by atoms with van der Waals surface area (Å²) in [6, 6.07) is 10.3. The van der Waals surface area contributed by atoms with Crippen LogP contribution in [0.5, 0.6) is 5.75 Å². The number of halogens is 2. The molecule has 2 aromatic rings. The van der Waals surface area contributed by atoms with E-state index >= 15 is 0 Å². The highest BCUT2D eigenvalue weighted by atomic mass is 35.5. The molecule has 1 aliphatic heterocycles. The van der Waals surface area contributed by atoms with Crippen LogP contribution in [0.2, 0.25) is 5.02 Å². The van der Waals surface area contributed by atoms with Crippen molar-refractivity contribution in [3.8, 4) is 5.75 Å². The van der Waals surface area contributed by atoms with E-state index in [0.29, 0.717) is 22.0 Å². The lowest BCUT2D eigenvalue weighted by molar-refractivity contribution is -0.136.